The summed E-state index contributed by atoms with van der Waals surface area (Å²) in [4.78, 5) is 42.3. The number of nitrogens with zero attached hydrogens (tertiary/aromatic N) is 4. The number of piperidine rings is 1. The average molecular weight is 698 g/mol. The van der Waals surface area contributed by atoms with Crippen molar-refractivity contribution < 1.29 is 18.7 Å². The SMILES string of the molecule is COCCn1c(CN2CCC(c3cccc(OCc4ccc(Cl)cc4F)n3)CC2)nc2cc(C(=O)NCc3ccc4[nH]c(=O)[nH]c4c3)ccc21. The van der Waals surface area contributed by atoms with Crippen LogP contribution in [0.2, 0.25) is 5.02 Å². The molecule has 0 aliphatic carbocycles. The Morgan fingerprint density at radius 1 is 1.02 bits per heavy atom. The zero-order chi connectivity index (χ0) is 34.6. The molecule has 13 heteroatoms. The summed E-state index contributed by atoms with van der Waals surface area (Å²) in [5.74, 6) is 1.06. The average Bonchev–Trinajstić information content (AvgIpc) is 3.67. The van der Waals surface area contributed by atoms with Gasteiger partial charge < -0.3 is 29.3 Å². The minimum absolute atomic E-state index is 0.0728. The minimum Gasteiger partial charge on any atom is -0.473 e. The summed E-state index contributed by atoms with van der Waals surface area (Å²) >= 11 is 5.87. The first-order valence-electron chi connectivity index (χ1n) is 16.6. The second kappa shape index (κ2) is 14.8. The van der Waals surface area contributed by atoms with E-state index in [2.05, 4.69) is 24.8 Å². The van der Waals surface area contributed by atoms with Gasteiger partial charge in [-0.15, -0.1) is 0 Å². The molecule has 1 fully saturated rings. The summed E-state index contributed by atoms with van der Waals surface area (Å²) < 4.78 is 27.6. The maximum Gasteiger partial charge on any atom is 0.323 e. The number of pyridine rings is 1. The molecular weight excluding hydrogens is 661 g/mol. The number of likely N-dealkylation sites (tertiary alicyclic amines) is 1. The molecule has 0 spiro atoms. The number of rotatable bonds is 12. The third kappa shape index (κ3) is 7.57. The van der Waals surface area contributed by atoms with Gasteiger partial charge in [-0.2, -0.15) is 0 Å². The van der Waals surface area contributed by atoms with Gasteiger partial charge in [0.05, 0.1) is 35.2 Å². The number of fused-ring (bicyclic) bond motifs is 2. The number of aromatic amines is 2. The van der Waals surface area contributed by atoms with Crippen LogP contribution in [0.5, 0.6) is 5.88 Å². The van der Waals surface area contributed by atoms with E-state index in [1.54, 1.807) is 25.3 Å². The maximum atomic E-state index is 14.2. The molecule has 0 bridgehead atoms. The summed E-state index contributed by atoms with van der Waals surface area (Å²) in [6, 6.07) is 21.4. The van der Waals surface area contributed by atoms with Crippen molar-refractivity contribution in [2.75, 3.05) is 26.8 Å². The van der Waals surface area contributed by atoms with E-state index < -0.39 is 5.82 Å². The smallest absolute Gasteiger partial charge is 0.323 e. The zero-order valence-corrected chi connectivity index (χ0v) is 28.3. The molecule has 3 aromatic heterocycles. The summed E-state index contributed by atoms with van der Waals surface area (Å²) in [7, 11) is 1.68. The Labute approximate surface area is 292 Å². The van der Waals surface area contributed by atoms with Crippen molar-refractivity contribution in [1.82, 2.24) is 34.7 Å². The highest BCUT2D eigenvalue weighted by Crippen LogP contribution is 2.29. The number of H-pyrrole nitrogens is 2. The number of ether oxygens (including phenoxy) is 2. The van der Waals surface area contributed by atoms with E-state index in [-0.39, 0.29) is 24.1 Å². The van der Waals surface area contributed by atoms with Gasteiger partial charge in [0.1, 0.15) is 18.2 Å². The van der Waals surface area contributed by atoms with E-state index in [0.29, 0.717) is 53.8 Å². The van der Waals surface area contributed by atoms with Crippen LogP contribution in [-0.4, -0.2) is 62.1 Å². The van der Waals surface area contributed by atoms with Gasteiger partial charge in [0.25, 0.3) is 5.91 Å². The molecule has 3 aromatic carbocycles. The molecule has 1 amide bonds. The highest BCUT2D eigenvalue weighted by Gasteiger charge is 2.24. The van der Waals surface area contributed by atoms with E-state index >= 15 is 0 Å². The van der Waals surface area contributed by atoms with Crippen molar-refractivity contribution in [3.05, 3.63) is 122 Å². The van der Waals surface area contributed by atoms with Crippen LogP contribution in [0, 0.1) is 5.82 Å². The number of nitrogens with one attached hydrogen (secondary N) is 3. The van der Waals surface area contributed by atoms with E-state index in [1.165, 1.54) is 6.07 Å². The highest BCUT2D eigenvalue weighted by atomic mass is 35.5. The van der Waals surface area contributed by atoms with E-state index in [9.17, 15) is 14.0 Å². The third-order valence-corrected chi connectivity index (χ3v) is 9.38. The first-order chi connectivity index (χ1) is 24.3. The van der Waals surface area contributed by atoms with Gasteiger partial charge in [0, 0.05) is 54.0 Å². The monoisotopic (exact) mass is 697 g/mol. The molecule has 3 N–H and O–H groups in total. The van der Waals surface area contributed by atoms with Crippen LogP contribution < -0.4 is 15.7 Å². The molecular formula is C37H37ClFN7O4. The van der Waals surface area contributed by atoms with Gasteiger partial charge in [-0.05, 0) is 80.0 Å². The van der Waals surface area contributed by atoms with Crippen molar-refractivity contribution >= 4 is 39.6 Å². The molecule has 0 radical (unpaired) electrons. The van der Waals surface area contributed by atoms with E-state index in [4.69, 9.17) is 31.0 Å². The van der Waals surface area contributed by atoms with Gasteiger partial charge in [-0.1, -0.05) is 29.8 Å². The van der Waals surface area contributed by atoms with Crippen molar-refractivity contribution in [2.45, 2.75) is 45.0 Å². The predicted molar refractivity (Wildman–Crippen MR) is 189 cm³/mol. The first-order valence-corrected chi connectivity index (χ1v) is 16.9. The lowest BCUT2D eigenvalue weighted by atomic mass is 9.93. The minimum atomic E-state index is -0.402. The number of hydrogen-bond donors (Lipinski definition) is 3. The third-order valence-electron chi connectivity index (χ3n) is 9.15. The Bertz CT molecular complexity index is 2210. The van der Waals surface area contributed by atoms with Crippen LogP contribution in [0.3, 0.4) is 0 Å². The van der Waals surface area contributed by atoms with Crippen molar-refractivity contribution in [3.8, 4) is 5.88 Å². The Balaban J connectivity index is 0.985. The lowest BCUT2D eigenvalue weighted by Gasteiger charge is -2.31. The first kappa shape index (κ1) is 33.5. The Hall–Kier alpha value is -5.04. The number of benzene rings is 3. The van der Waals surface area contributed by atoms with Gasteiger partial charge >= 0.3 is 5.69 Å². The molecule has 11 nitrogen and oxygen atoms in total. The van der Waals surface area contributed by atoms with Crippen LogP contribution >= 0.6 is 11.6 Å². The number of amides is 1. The highest BCUT2D eigenvalue weighted by molar-refractivity contribution is 6.30. The summed E-state index contributed by atoms with van der Waals surface area (Å²) in [6.07, 6.45) is 1.86. The Morgan fingerprint density at radius 2 is 1.86 bits per heavy atom. The largest absolute Gasteiger partial charge is 0.473 e. The van der Waals surface area contributed by atoms with Crippen LogP contribution in [0.15, 0.2) is 77.6 Å². The van der Waals surface area contributed by atoms with Crippen LogP contribution in [0.25, 0.3) is 22.1 Å². The molecule has 1 saturated heterocycles. The molecule has 0 saturated carbocycles. The van der Waals surface area contributed by atoms with E-state index in [1.807, 2.05) is 48.5 Å². The number of carbonyl (C=O) groups is 1. The summed E-state index contributed by atoms with van der Waals surface area (Å²) in [5, 5.41) is 3.32. The fourth-order valence-corrected chi connectivity index (χ4v) is 6.62. The molecule has 258 valence electrons. The fourth-order valence-electron chi connectivity index (χ4n) is 6.46. The normalized spacial score (nSPS) is 14.1. The second-order valence-electron chi connectivity index (χ2n) is 12.5. The van der Waals surface area contributed by atoms with Crippen molar-refractivity contribution in [2.24, 2.45) is 0 Å². The van der Waals surface area contributed by atoms with Crippen molar-refractivity contribution in [3.63, 3.8) is 0 Å². The van der Waals surface area contributed by atoms with Gasteiger partial charge in [-0.3, -0.25) is 9.69 Å². The van der Waals surface area contributed by atoms with Gasteiger partial charge in [0.2, 0.25) is 5.88 Å². The predicted octanol–water partition coefficient (Wildman–Crippen LogP) is 5.93. The topological polar surface area (TPSA) is 130 Å². The lowest BCUT2D eigenvalue weighted by Crippen LogP contribution is -2.33. The van der Waals surface area contributed by atoms with Crippen LogP contribution in [0.1, 0.15) is 51.8 Å². The lowest BCUT2D eigenvalue weighted by molar-refractivity contribution is 0.0951. The summed E-state index contributed by atoms with van der Waals surface area (Å²) in [5.41, 5.74) is 5.65. The molecule has 0 unspecified atom stereocenters. The molecule has 1 aliphatic rings. The number of carbonyl (C=O) groups excluding carboxylic acids is 1. The number of imidazole rings is 2. The quantitative estimate of drug-likeness (QED) is 0.145. The molecule has 4 heterocycles. The molecule has 7 rings (SSSR count). The number of aromatic nitrogens is 5. The maximum absolute atomic E-state index is 14.2. The molecule has 6 aromatic rings. The number of methoxy groups -OCH3 is 1. The zero-order valence-electron chi connectivity index (χ0n) is 27.5. The number of halogens is 2. The molecule has 50 heavy (non-hydrogen) atoms. The molecule has 0 atom stereocenters. The van der Waals surface area contributed by atoms with Crippen LogP contribution in [0.4, 0.5) is 4.39 Å². The second-order valence-corrected chi connectivity index (χ2v) is 12.9. The number of hydrogen-bond acceptors (Lipinski definition) is 7. The van der Waals surface area contributed by atoms with Gasteiger partial charge in [-0.25, -0.2) is 19.2 Å². The summed E-state index contributed by atoms with van der Waals surface area (Å²) in [6.45, 7) is 3.98. The standard InChI is InChI=1S/C37H37ClFN7O4/c1-49-16-15-46-33-10-7-25(36(47)40-20-23-5-9-30-31(17-23)44-37(48)43-30)18-32(33)41-34(46)21-45-13-11-24(12-14-45)29-3-2-4-35(42-29)50-22-26-6-8-27(38)19-28(26)39/h2-10,17-19,24H,11-16,20-22H2,1H3,(H,40,47)(H2,43,44,48). The van der Waals surface area contributed by atoms with E-state index in [0.717, 1.165) is 59.6 Å². The van der Waals surface area contributed by atoms with Gasteiger partial charge in [0.15, 0.2) is 0 Å². The Morgan fingerprint density at radius 3 is 2.68 bits per heavy atom. The van der Waals surface area contributed by atoms with Crippen molar-refractivity contribution in [1.29, 1.82) is 0 Å². The van der Waals surface area contributed by atoms with Crippen LogP contribution in [-0.2, 0) is 31.0 Å². The fraction of sp³-hybridized carbons (Fsp3) is 0.297. The molecule has 1 aliphatic heterocycles. The Kier molecular flexibility index (Phi) is 9.92.